The SMILES string of the molecule is CC/C(C)=C/C[C@H]1[C@@H]2CC[C@]34C[C@@H]3N(C)C[C@]24CC[C@]1(N)[C@@H](C)CCCN(C)C(=O)[C@H](Cc1cccs1)NC(C)=O. The van der Waals surface area contributed by atoms with Crippen molar-refractivity contribution in [2.45, 2.75) is 110 Å². The zero-order chi connectivity index (χ0) is 29.6. The Balaban J connectivity index is 1.24. The van der Waals surface area contributed by atoms with Crippen LogP contribution in [0.1, 0.15) is 90.4 Å². The Bertz CT molecular complexity index is 1140. The summed E-state index contributed by atoms with van der Waals surface area (Å²) in [5.41, 5.74) is 9.95. The summed E-state index contributed by atoms with van der Waals surface area (Å²) in [5.74, 6) is 1.46. The second-order valence-corrected chi connectivity index (χ2v) is 15.3. The van der Waals surface area contributed by atoms with Crippen molar-refractivity contribution in [2.24, 2.45) is 34.3 Å². The van der Waals surface area contributed by atoms with E-state index in [0.717, 1.165) is 48.9 Å². The Morgan fingerprint density at radius 2 is 2.05 bits per heavy atom. The van der Waals surface area contributed by atoms with E-state index in [1.807, 2.05) is 29.5 Å². The molecule has 1 aromatic rings. The fraction of sp³-hybridized carbons (Fsp3) is 0.765. The number of rotatable bonds is 12. The van der Waals surface area contributed by atoms with E-state index in [2.05, 4.69) is 44.1 Å². The molecular formula is C34H54N4O2S. The summed E-state index contributed by atoms with van der Waals surface area (Å²) in [6, 6.07) is 4.31. The third-order valence-electron chi connectivity index (χ3n) is 12.2. The molecule has 0 aromatic carbocycles. The number of nitrogens with one attached hydrogen (secondary N) is 1. The average molecular weight is 583 g/mol. The van der Waals surface area contributed by atoms with Gasteiger partial charge in [-0.25, -0.2) is 0 Å². The van der Waals surface area contributed by atoms with E-state index in [1.165, 1.54) is 44.7 Å². The second-order valence-electron chi connectivity index (χ2n) is 14.3. The lowest BCUT2D eigenvalue weighted by Gasteiger charge is -2.56. The van der Waals surface area contributed by atoms with Crippen LogP contribution >= 0.6 is 11.3 Å². The van der Waals surface area contributed by atoms with Gasteiger partial charge in [-0.2, -0.15) is 0 Å². The predicted octanol–water partition coefficient (Wildman–Crippen LogP) is 5.62. The van der Waals surface area contributed by atoms with Gasteiger partial charge in [0.05, 0.1) is 0 Å². The van der Waals surface area contributed by atoms with Gasteiger partial charge in [0, 0.05) is 49.9 Å². The zero-order valence-corrected chi connectivity index (χ0v) is 27.2. The summed E-state index contributed by atoms with van der Waals surface area (Å²) in [6.07, 6.45) is 13.8. The van der Waals surface area contributed by atoms with Crippen molar-refractivity contribution in [2.75, 3.05) is 27.2 Å². The third kappa shape index (κ3) is 5.44. The summed E-state index contributed by atoms with van der Waals surface area (Å²) in [6.45, 7) is 10.3. The monoisotopic (exact) mass is 582 g/mol. The summed E-state index contributed by atoms with van der Waals surface area (Å²) in [7, 11) is 4.24. The molecule has 0 unspecified atom stereocenters. The molecular weight excluding hydrogens is 528 g/mol. The van der Waals surface area contributed by atoms with Crippen molar-refractivity contribution < 1.29 is 9.59 Å². The lowest BCUT2D eigenvalue weighted by Crippen LogP contribution is -2.62. The molecule has 7 heteroatoms. The van der Waals surface area contributed by atoms with Gasteiger partial charge in [0.15, 0.2) is 0 Å². The van der Waals surface area contributed by atoms with Crippen LogP contribution in [-0.4, -0.2) is 66.4 Å². The molecule has 6 nitrogen and oxygen atoms in total. The molecule has 2 amide bonds. The van der Waals surface area contributed by atoms with E-state index in [4.69, 9.17) is 5.73 Å². The zero-order valence-electron chi connectivity index (χ0n) is 26.4. The summed E-state index contributed by atoms with van der Waals surface area (Å²) in [5, 5.41) is 4.90. The molecule has 2 heterocycles. The van der Waals surface area contributed by atoms with Crippen molar-refractivity contribution in [1.82, 2.24) is 15.1 Å². The Labute approximate surface area is 252 Å². The quantitative estimate of drug-likeness (QED) is 0.314. The van der Waals surface area contributed by atoms with E-state index in [9.17, 15) is 9.59 Å². The molecule has 3 aliphatic carbocycles. The fourth-order valence-corrected chi connectivity index (χ4v) is 10.5. The van der Waals surface area contributed by atoms with Crippen molar-refractivity contribution >= 4 is 23.2 Å². The topological polar surface area (TPSA) is 78.7 Å². The minimum Gasteiger partial charge on any atom is -0.344 e. The first-order valence-corrected chi connectivity index (χ1v) is 17.0. The number of nitrogens with two attached hydrogens (primary N) is 1. The van der Waals surface area contributed by atoms with Gasteiger partial charge in [-0.1, -0.05) is 31.6 Å². The highest BCUT2D eigenvalue weighted by Crippen LogP contribution is 2.79. The van der Waals surface area contributed by atoms with Crippen LogP contribution in [0.5, 0.6) is 0 Å². The number of carbonyl (C=O) groups is 2. The maximum atomic E-state index is 13.3. The van der Waals surface area contributed by atoms with Crippen molar-refractivity contribution in [3.05, 3.63) is 34.0 Å². The molecule has 5 rings (SSSR count). The average Bonchev–Trinajstić information content (AvgIpc) is 3.18. The number of likely N-dealkylation sites (N-methyl/N-ethyl adjacent to an activating group) is 1. The maximum absolute atomic E-state index is 13.3. The van der Waals surface area contributed by atoms with Crippen LogP contribution in [0.3, 0.4) is 0 Å². The first-order valence-electron chi connectivity index (χ1n) is 16.2. The van der Waals surface area contributed by atoms with Gasteiger partial charge in [-0.15, -0.1) is 11.3 Å². The summed E-state index contributed by atoms with van der Waals surface area (Å²) in [4.78, 5) is 30.8. The number of likely N-dealkylation sites (tertiary alicyclic amines) is 1. The number of allylic oxidation sites excluding steroid dienone is 2. The molecule has 228 valence electrons. The van der Waals surface area contributed by atoms with Crippen LogP contribution in [0, 0.1) is 28.6 Å². The van der Waals surface area contributed by atoms with Crippen molar-refractivity contribution in [1.29, 1.82) is 0 Å². The number of piperidine rings is 1. The van der Waals surface area contributed by atoms with Crippen LogP contribution < -0.4 is 11.1 Å². The van der Waals surface area contributed by atoms with Crippen LogP contribution in [0.15, 0.2) is 29.2 Å². The first-order chi connectivity index (χ1) is 19.5. The van der Waals surface area contributed by atoms with E-state index in [1.54, 1.807) is 11.3 Å². The molecule has 4 fully saturated rings. The largest absolute Gasteiger partial charge is 0.344 e. The Kier molecular flexibility index (Phi) is 8.82. The van der Waals surface area contributed by atoms with Gasteiger partial charge < -0.3 is 20.9 Å². The highest BCUT2D eigenvalue weighted by atomic mass is 32.1. The molecule has 41 heavy (non-hydrogen) atoms. The highest BCUT2D eigenvalue weighted by molar-refractivity contribution is 7.09. The number of thiophene rings is 1. The van der Waals surface area contributed by atoms with Crippen LogP contribution in [-0.2, 0) is 16.0 Å². The molecule has 4 aliphatic rings. The third-order valence-corrected chi connectivity index (χ3v) is 13.1. The molecule has 1 aliphatic heterocycles. The normalized spacial score (nSPS) is 35.8. The van der Waals surface area contributed by atoms with E-state index in [0.29, 0.717) is 35.6 Å². The number of amides is 2. The molecule has 3 saturated carbocycles. The van der Waals surface area contributed by atoms with Crippen LogP contribution in [0.4, 0.5) is 0 Å². The molecule has 2 spiro atoms. The smallest absolute Gasteiger partial charge is 0.245 e. The first kappa shape index (κ1) is 30.7. The maximum Gasteiger partial charge on any atom is 0.245 e. The van der Waals surface area contributed by atoms with Crippen molar-refractivity contribution in [3.8, 4) is 0 Å². The van der Waals surface area contributed by atoms with Crippen LogP contribution in [0.2, 0.25) is 0 Å². The summed E-state index contributed by atoms with van der Waals surface area (Å²) >= 11 is 1.62. The molecule has 1 aromatic heterocycles. The molecule has 0 bridgehead atoms. The minimum atomic E-state index is -0.521. The molecule has 3 N–H and O–H groups in total. The number of hydrogen-bond donors (Lipinski definition) is 2. The van der Waals surface area contributed by atoms with E-state index in [-0.39, 0.29) is 17.4 Å². The molecule has 8 atom stereocenters. The minimum absolute atomic E-state index is 0.0121. The lowest BCUT2D eigenvalue weighted by molar-refractivity contribution is -0.135. The van der Waals surface area contributed by atoms with E-state index >= 15 is 0 Å². The second kappa shape index (κ2) is 11.8. The van der Waals surface area contributed by atoms with Gasteiger partial charge in [-0.3, -0.25) is 9.59 Å². The fourth-order valence-electron chi connectivity index (χ4n) is 9.73. The predicted molar refractivity (Wildman–Crippen MR) is 169 cm³/mol. The van der Waals surface area contributed by atoms with Gasteiger partial charge >= 0.3 is 0 Å². The van der Waals surface area contributed by atoms with Crippen molar-refractivity contribution in [3.63, 3.8) is 0 Å². The number of hydrogen-bond acceptors (Lipinski definition) is 5. The van der Waals surface area contributed by atoms with Gasteiger partial charge in [0.2, 0.25) is 11.8 Å². The Hall–Kier alpha value is -1.70. The molecule has 1 saturated heterocycles. The number of carbonyl (C=O) groups excluding carboxylic acids is 2. The summed E-state index contributed by atoms with van der Waals surface area (Å²) < 4.78 is 0. The van der Waals surface area contributed by atoms with Gasteiger partial charge in [0.1, 0.15) is 6.04 Å². The van der Waals surface area contributed by atoms with Crippen LogP contribution in [0.25, 0.3) is 0 Å². The van der Waals surface area contributed by atoms with Gasteiger partial charge in [-0.05, 0) is 112 Å². The lowest BCUT2D eigenvalue weighted by atomic mass is 9.51. The Morgan fingerprint density at radius 3 is 2.71 bits per heavy atom. The van der Waals surface area contributed by atoms with Gasteiger partial charge in [0.25, 0.3) is 0 Å². The number of nitrogens with zero attached hydrogens (tertiary/aromatic N) is 2. The highest BCUT2D eigenvalue weighted by Gasteiger charge is 2.78. The Morgan fingerprint density at radius 1 is 1.27 bits per heavy atom. The standard InChI is InChI=1S/C34H54N4O2S/c1-7-23(2)12-13-28-27-14-15-32-21-30(32)38(6)22-33(27,32)16-17-34(28,35)24(3)10-8-18-37(5)31(40)29(36-25(4)39)20-26-11-9-19-41-26/h9,11-12,19,24,27-30H,7-8,10,13-18,20-22,35H2,1-6H3,(H,36,39)/b23-12+/t24-,27-,28-,29-,30-,32-,33+,34-/m0/s1. The van der Waals surface area contributed by atoms with E-state index < -0.39 is 6.04 Å². The molecule has 0 radical (unpaired) electrons.